The highest BCUT2D eigenvalue weighted by molar-refractivity contribution is 5.17. The maximum Gasteiger partial charge on any atom is 0.184 e. The summed E-state index contributed by atoms with van der Waals surface area (Å²) >= 11 is 0. The molecule has 238 valence electrons. The van der Waals surface area contributed by atoms with Crippen molar-refractivity contribution in [2.75, 3.05) is 19.8 Å². The van der Waals surface area contributed by atoms with Crippen molar-refractivity contribution in [3.05, 3.63) is 11.6 Å². The van der Waals surface area contributed by atoms with Crippen LogP contribution in [0.4, 0.5) is 0 Å². The molecule has 11 N–H and O–H groups in total. The van der Waals surface area contributed by atoms with Crippen LogP contribution in [0.15, 0.2) is 11.6 Å². The quantitative estimate of drug-likeness (QED) is 0.112. The molecule has 0 aromatic rings. The largest absolute Gasteiger partial charge is 0.394 e. The molecule has 2 aliphatic carbocycles. The molecule has 16 unspecified atom stereocenters. The predicted molar refractivity (Wildman–Crippen MR) is 137 cm³/mol. The van der Waals surface area contributed by atoms with Crippen LogP contribution in [0.2, 0.25) is 0 Å². The van der Waals surface area contributed by atoms with Crippen molar-refractivity contribution in [1.82, 2.24) is 5.32 Å². The Kier molecular flexibility index (Phi) is 11.5. The molecule has 0 bridgehead atoms. The van der Waals surface area contributed by atoms with Crippen molar-refractivity contribution in [2.24, 2.45) is 5.92 Å². The van der Waals surface area contributed by atoms with Gasteiger partial charge in [-0.15, -0.1) is 0 Å². The monoisotopic (exact) mass is 595 g/mol. The van der Waals surface area contributed by atoms with Gasteiger partial charge in [-0.1, -0.05) is 13.0 Å². The minimum Gasteiger partial charge on any atom is -0.394 e. The molecule has 2 heterocycles. The second kappa shape index (κ2) is 14.3. The lowest BCUT2D eigenvalue weighted by atomic mass is 9.80. The SMILES string of the molecule is CC1CC(OC2CC(O)C(OC3C(CO)OC(O)C(O)C3O)OC2CO)C(O)CC1NC1C=C(CO)CC(O)C1O. The van der Waals surface area contributed by atoms with Gasteiger partial charge in [0, 0.05) is 12.5 Å². The first-order valence-electron chi connectivity index (χ1n) is 14.1. The second-order valence-electron chi connectivity index (χ2n) is 11.6. The van der Waals surface area contributed by atoms with Gasteiger partial charge in [-0.2, -0.15) is 0 Å². The lowest BCUT2D eigenvalue weighted by molar-refractivity contribution is -0.347. The number of hydrogen-bond acceptors (Lipinski definition) is 15. The van der Waals surface area contributed by atoms with Crippen LogP contribution >= 0.6 is 0 Å². The third-order valence-corrected chi connectivity index (χ3v) is 8.65. The summed E-state index contributed by atoms with van der Waals surface area (Å²) in [6.45, 7) is 0.546. The van der Waals surface area contributed by atoms with Gasteiger partial charge in [-0.3, -0.25) is 0 Å². The molecule has 16 atom stereocenters. The summed E-state index contributed by atoms with van der Waals surface area (Å²) < 4.78 is 22.6. The van der Waals surface area contributed by atoms with E-state index in [2.05, 4.69) is 5.32 Å². The van der Waals surface area contributed by atoms with Crippen molar-refractivity contribution in [1.29, 1.82) is 0 Å². The molecule has 4 aliphatic rings. The maximum atomic E-state index is 10.9. The number of aliphatic hydroxyl groups excluding tert-OH is 10. The molecule has 2 aliphatic heterocycles. The molecular formula is C26H45NO14. The Morgan fingerprint density at radius 1 is 0.780 bits per heavy atom. The van der Waals surface area contributed by atoms with Crippen molar-refractivity contribution < 1.29 is 70.0 Å². The zero-order chi connectivity index (χ0) is 30.0. The molecule has 15 nitrogen and oxygen atoms in total. The van der Waals surface area contributed by atoms with Gasteiger partial charge >= 0.3 is 0 Å². The van der Waals surface area contributed by atoms with E-state index in [1.165, 1.54) is 0 Å². The topological polar surface area (TPSA) is 251 Å². The summed E-state index contributed by atoms with van der Waals surface area (Å²) in [5, 5.41) is 105. The van der Waals surface area contributed by atoms with Gasteiger partial charge in [0.1, 0.15) is 36.6 Å². The molecule has 0 amide bonds. The van der Waals surface area contributed by atoms with E-state index in [9.17, 15) is 51.1 Å². The Hall–Kier alpha value is -0.860. The summed E-state index contributed by atoms with van der Waals surface area (Å²) in [6.07, 6.45) is -13.4. The zero-order valence-electron chi connectivity index (χ0n) is 22.9. The molecule has 4 rings (SSSR count). The molecule has 41 heavy (non-hydrogen) atoms. The highest BCUT2D eigenvalue weighted by atomic mass is 16.7. The fraction of sp³-hybridized carbons (Fsp3) is 0.923. The standard InChI is InChI=1S/C26H45NO14/c1-10-2-17(14(31)5-12(10)27-13-3-11(7-28)4-15(32)21(13)34)38-18-6-16(33)26(40-19(18)8-29)41-24-20(9-30)39-25(37)23(36)22(24)35/h3,10,12-37H,2,4-9H2,1H3. The number of rotatable bonds is 9. The third-order valence-electron chi connectivity index (χ3n) is 8.65. The molecule has 0 aromatic heterocycles. The Bertz CT molecular complexity index is 864. The Balaban J connectivity index is 1.34. The average molecular weight is 596 g/mol. The maximum absolute atomic E-state index is 10.9. The van der Waals surface area contributed by atoms with E-state index in [4.69, 9.17) is 18.9 Å². The summed E-state index contributed by atoms with van der Waals surface area (Å²) in [5.41, 5.74) is 0.616. The van der Waals surface area contributed by atoms with Crippen molar-refractivity contribution in [3.63, 3.8) is 0 Å². The predicted octanol–water partition coefficient (Wildman–Crippen LogP) is -4.81. The van der Waals surface area contributed by atoms with Crippen LogP contribution in [0.3, 0.4) is 0 Å². The van der Waals surface area contributed by atoms with Gasteiger partial charge < -0.3 is 75.3 Å². The summed E-state index contributed by atoms with van der Waals surface area (Å²) in [6, 6.07) is -0.832. The summed E-state index contributed by atoms with van der Waals surface area (Å²) in [5.74, 6) is -0.0382. The lowest BCUT2D eigenvalue weighted by Crippen LogP contribution is -2.62. The van der Waals surface area contributed by atoms with Gasteiger partial charge in [-0.25, -0.2) is 0 Å². The third kappa shape index (κ3) is 7.45. The van der Waals surface area contributed by atoms with E-state index in [1.807, 2.05) is 6.92 Å². The molecule has 0 aromatic carbocycles. The normalized spacial score (nSPS) is 49.5. The van der Waals surface area contributed by atoms with Crippen molar-refractivity contribution in [2.45, 2.75) is 124 Å². The zero-order valence-corrected chi connectivity index (χ0v) is 22.9. The molecule has 0 spiro atoms. The smallest absolute Gasteiger partial charge is 0.184 e. The molecular weight excluding hydrogens is 550 g/mol. The average Bonchev–Trinajstić information content (AvgIpc) is 2.94. The highest BCUT2D eigenvalue weighted by Gasteiger charge is 2.49. The van der Waals surface area contributed by atoms with Crippen LogP contribution in [-0.4, -0.2) is 163 Å². The number of ether oxygens (including phenoxy) is 4. The number of hydrogen-bond donors (Lipinski definition) is 11. The van der Waals surface area contributed by atoms with Crippen molar-refractivity contribution in [3.8, 4) is 0 Å². The highest BCUT2D eigenvalue weighted by Crippen LogP contribution is 2.34. The van der Waals surface area contributed by atoms with Gasteiger partial charge in [0.25, 0.3) is 0 Å². The second-order valence-corrected chi connectivity index (χ2v) is 11.6. The van der Waals surface area contributed by atoms with Crippen LogP contribution in [-0.2, 0) is 18.9 Å². The van der Waals surface area contributed by atoms with Crippen LogP contribution in [0, 0.1) is 5.92 Å². The van der Waals surface area contributed by atoms with Gasteiger partial charge in [0.2, 0.25) is 0 Å². The number of aliphatic hydroxyl groups is 10. The van der Waals surface area contributed by atoms with E-state index >= 15 is 0 Å². The van der Waals surface area contributed by atoms with E-state index in [0.29, 0.717) is 12.0 Å². The fourth-order valence-electron chi connectivity index (χ4n) is 6.16. The molecule has 3 fully saturated rings. The molecule has 15 heteroatoms. The van der Waals surface area contributed by atoms with Gasteiger partial charge in [-0.05, 0) is 30.8 Å². The van der Waals surface area contributed by atoms with Crippen molar-refractivity contribution >= 4 is 0 Å². The summed E-state index contributed by atoms with van der Waals surface area (Å²) in [7, 11) is 0. The van der Waals surface area contributed by atoms with E-state index in [1.54, 1.807) is 6.08 Å². The molecule has 0 radical (unpaired) electrons. The molecule has 1 saturated carbocycles. The van der Waals surface area contributed by atoms with Crippen LogP contribution < -0.4 is 5.32 Å². The van der Waals surface area contributed by atoms with Crippen LogP contribution in [0.5, 0.6) is 0 Å². The summed E-state index contributed by atoms with van der Waals surface area (Å²) in [4.78, 5) is 0. The number of nitrogens with one attached hydrogen (secondary N) is 1. The molecule has 2 saturated heterocycles. The first-order valence-corrected chi connectivity index (χ1v) is 14.1. The van der Waals surface area contributed by atoms with E-state index in [0.717, 1.165) is 0 Å². The lowest BCUT2D eigenvalue weighted by Gasteiger charge is -2.46. The Morgan fingerprint density at radius 2 is 1.49 bits per heavy atom. The first kappa shape index (κ1) is 33.0. The van der Waals surface area contributed by atoms with Crippen LogP contribution in [0.25, 0.3) is 0 Å². The minimum atomic E-state index is -1.74. The van der Waals surface area contributed by atoms with E-state index < -0.39 is 99.0 Å². The fourth-order valence-corrected chi connectivity index (χ4v) is 6.16. The van der Waals surface area contributed by atoms with E-state index in [-0.39, 0.29) is 37.8 Å². The minimum absolute atomic E-state index is 0.0382. The van der Waals surface area contributed by atoms with Gasteiger partial charge in [0.15, 0.2) is 12.6 Å². The Labute approximate surface area is 237 Å². The van der Waals surface area contributed by atoms with Crippen LogP contribution in [0.1, 0.15) is 32.6 Å². The Morgan fingerprint density at radius 3 is 2.15 bits per heavy atom. The van der Waals surface area contributed by atoms with Gasteiger partial charge in [0.05, 0.1) is 56.4 Å². The first-order chi connectivity index (χ1) is 19.5.